The molecule has 1 saturated heterocycles. The molecule has 12 heteroatoms. The largest absolute Gasteiger partial charge is 0.347 e. The lowest BCUT2D eigenvalue weighted by atomic mass is 9.89. The highest BCUT2D eigenvalue weighted by molar-refractivity contribution is 9.10. The summed E-state index contributed by atoms with van der Waals surface area (Å²) in [5, 5.41) is 12.0. The smallest absolute Gasteiger partial charge is 0.275 e. The van der Waals surface area contributed by atoms with Crippen LogP contribution in [0.25, 0.3) is 5.69 Å². The molecule has 1 aliphatic rings. The third-order valence-corrected chi connectivity index (χ3v) is 7.93. The van der Waals surface area contributed by atoms with Crippen LogP contribution in [0.3, 0.4) is 0 Å². The van der Waals surface area contributed by atoms with Crippen molar-refractivity contribution >= 4 is 39.3 Å². The summed E-state index contributed by atoms with van der Waals surface area (Å²) < 4.78 is 15.6. The molecule has 3 heterocycles. The molecule has 4 aromatic rings. The fourth-order valence-corrected chi connectivity index (χ4v) is 5.11. The van der Waals surface area contributed by atoms with E-state index < -0.39 is 5.91 Å². The van der Waals surface area contributed by atoms with Crippen LogP contribution in [0.5, 0.6) is 0 Å². The lowest BCUT2D eigenvalue weighted by molar-refractivity contribution is 0.0603. The molecule has 2 aromatic heterocycles. The van der Waals surface area contributed by atoms with Gasteiger partial charge in [0.05, 0.1) is 22.6 Å². The molecule has 0 bridgehead atoms. The van der Waals surface area contributed by atoms with E-state index in [4.69, 9.17) is 11.6 Å². The van der Waals surface area contributed by atoms with Gasteiger partial charge in [-0.3, -0.25) is 9.59 Å². The van der Waals surface area contributed by atoms with Gasteiger partial charge in [-0.2, -0.15) is 0 Å². The molecule has 2 aromatic carbocycles. The number of piperidine rings is 1. The normalized spacial score (nSPS) is 17.2. The van der Waals surface area contributed by atoms with Gasteiger partial charge in [-0.1, -0.05) is 28.9 Å². The van der Waals surface area contributed by atoms with Gasteiger partial charge in [-0.15, -0.1) is 5.10 Å². The third-order valence-electron chi connectivity index (χ3n) is 6.72. The Morgan fingerprint density at radius 3 is 2.59 bits per heavy atom. The first kappa shape index (κ1) is 26.9. The van der Waals surface area contributed by atoms with E-state index in [1.54, 1.807) is 27.8 Å². The van der Waals surface area contributed by atoms with Crippen LogP contribution in [0, 0.1) is 5.82 Å². The number of carbonyl (C=O) groups excluding carboxylic acids is 2. The van der Waals surface area contributed by atoms with Crippen molar-refractivity contribution in [2.45, 2.75) is 38.3 Å². The second kappa shape index (κ2) is 11.6. The van der Waals surface area contributed by atoms with Crippen molar-refractivity contribution in [1.29, 1.82) is 0 Å². The summed E-state index contributed by atoms with van der Waals surface area (Å²) in [4.78, 5) is 36.4. The second-order valence-electron chi connectivity index (χ2n) is 9.32. The molecule has 5 rings (SSSR count). The number of benzene rings is 2. The zero-order chi connectivity index (χ0) is 27.5. The fraction of sp³-hybridized carbons (Fsp3) is 0.259. The summed E-state index contributed by atoms with van der Waals surface area (Å²) in [7, 11) is 0. The highest BCUT2D eigenvalue weighted by Crippen LogP contribution is 2.32. The van der Waals surface area contributed by atoms with E-state index in [2.05, 4.69) is 41.5 Å². The molecule has 2 atom stereocenters. The summed E-state index contributed by atoms with van der Waals surface area (Å²) >= 11 is 9.53. The highest BCUT2D eigenvalue weighted by atomic mass is 79.9. The molecule has 0 radical (unpaired) electrons. The van der Waals surface area contributed by atoms with Gasteiger partial charge in [0.15, 0.2) is 11.4 Å². The fourth-order valence-electron chi connectivity index (χ4n) is 4.63. The number of halogens is 3. The average Bonchev–Trinajstić information content (AvgIpc) is 3.44. The van der Waals surface area contributed by atoms with Crippen LogP contribution < -0.4 is 5.32 Å². The van der Waals surface area contributed by atoms with Gasteiger partial charge in [0.1, 0.15) is 5.82 Å². The Morgan fingerprint density at radius 2 is 1.87 bits per heavy atom. The average molecular weight is 613 g/mol. The standard InChI is InChI=1S/C27H24BrClFN7O2/c1-16-12-18(23-15-37(35-34-23)20-6-7-22(29)21(28)13-20)8-11-36(16)27(39)25-24(31-9-10-32-25)26(38)33-14-17-2-4-19(30)5-3-17/h2-7,9-10,13,15-16,18H,8,11-12,14H2,1H3,(H,33,38). The van der Waals surface area contributed by atoms with Crippen LogP contribution in [0.4, 0.5) is 4.39 Å². The van der Waals surface area contributed by atoms with Crippen molar-refractivity contribution in [2.75, 3.05) is 6.54 Å². The Kier molecular flexibility index (Phi) is 7.99. The van der Waals surface area contributed by atoms with Crippen LogP contribution in [-0.4, -0.2) is 54.3 Å². The summed E-state index contributed by atoms with van der Waals surface area (Å²) in [6.45, 7) is 2.60. The lowest BCUT2D eigenvalue weighted by Gasteiger charge is -2.37. The van der Waals surface area contributed by atoms with Gasteiger partial charge in [0, 0.05) is 41.9 Å². The Labute approximate surface area is 237 Å². The van der Waals surface area contributed by atoms with Gasteiger partial charge in [-0.25, -0.2) is 19.0 Å². The van der Waals surface area contributed by atoms with Crippen LogP contribution in [-0.2, 0) is 6.54 Å². The zero-order valence-electron chi connectivity index (χ0n) is 20.9. The molecule has 200 valence electrons. The summed E-state index contributed by atoms with van der Waals surface area (Å²) in [5.41, 5.74) is 2.35. The van der Waals surface area contributed by atoms with Crippen LogP contribution in [0.1, 0.15) is 57.9 Å². The molecule has 9 nitrogen and oxygen atoms in total. The Balaban J connectivity index is 1.25. The van der Waals surface area contributed by atoms with Gasteiger partial charge in [0.2, 0.25) is 0 Å². The first-order valence-corrected chi connectivity index (χ1v) is 13.5. The van der Waals surface area contributed by atoms with Crippen LogP contribution >= 0.6 is 27.5 Å². The maximum absolute atomic E-state index is 13.5. The Bertz CT molecular complexity index is 1510. The predicted octanol–water partition coefficient (Wildman–Crippen LogP) is 4.95. The number of hydrogen-bond donors (Lipinski definition) is 1. The van der Waals surface area contributed by atoms with Gasteiger partial charge < -0.3 is 10.2 Å². The van der Waals surface area contributed by atoms with E-state index in [1.807, 2.05) is 25.3 Å². The maximum Gasteiger partial charge on any atom is 0.275 e. The first-order valence-electron chi connectivity index (χ1n) is 12.3. The molecule has 1 N–H and O–H groups in total. The molecule has 2 unspecified atom stereocenters. The van der Waals surface area contributed by atoms with Gasteiger partial charge in [0.25, 0.3) is 11.8 Å². The number of aromatic nitrogens is 5. The van der Waals surface area contributed by atoms with E-state index in [1.165, 1.54) is 24.5 Å². The van der Waals surface area contributed by atoms with E-state index in [0.717, 1.165) is 21.4 Å². The molecule has 39 heavy (non-hydrogen) atoms. The number of nitrogens with zero attached hydrogens (tertiary/aromatic N) is 6. The topological polar surface area (TPSA) is 106 Å². The second-order valence-corrected chi connectivity index (χ2v) is 10.6. The number of likely N-dealkylation sites (tertiary alicyclic amines) is 1. The quantitative estimate of drug-likeness (QED) is 0.330. The molecule has 2 amide bonds. The molecular formula is C27H24BrClFN7O2. The summed E-state index contributed by atoms with van der Waals surface area (Å²) in [5.74, 6) is -1.11. The monoisotopic (exact) mass is 611 g/mol. The number of carbonyl (C=O) groups is 2. The third kappa shape index (κ3) is 5.99. The molecule has 0 aliphatic carbocycles. The lowest BCUT2D eigenvalue weighted by Crippen LogP contribution is -2.45. The van der Waals surface area contributed by atoms with Crippen molar-refractivity contribution in [1.82, 2.24) is 35.2 Å². The molecule has 1 aliphatic heterocycles. The number of hydrogen-bond acceptors (Lipinski definition) is 6. The number of amides is 2. The van der Waals surface area contributed by atoms with Crippen molar-refractivity contribution < 1.29 is 14.0 Å². The highest BCUT2D eigenvalue weighted by Gasteiger charge is 2.34. The first-order chi connectivity index (χ1) is 18.8. The number of rotatable bonds is 6. The summed E-state index contributed by atoms with van der Waals surface area (Å²) in [6, 6.07) is 11.2. The van der Waals surface area contributed by atoms with Crippen LogP contribution in [0.15, 0.2) is 65.5 Å². The number of nitrogens with one attached hydrogen (secondary N) is 1. The zero-order valence-corrected chi connectivity index (χ0v) is 23.2. The van der Waals surface area contributed by atoms with Crippen molar-refractivity contribution in [3.63, 3.8) is 0 Å². The van der Waals surface area contributed by atoms with Crippen LogP contribution in [0.2, 0.25) is 5.02 Å². The molecular weight excluding hydrogens is 589 g/mol. The minimum absolute atomic E-state index is 0.00124. The minimum atomic E-state index is -0.524. The van der Waals surface area contributed by atoms with Gasteiger partial charge in [-0.05, 0) is 71.6 Å². The van der Waals surface area contributed by atoms with Gasteiger partial charge >= 0.3 is 0 Å². The van der Waals surface area contributed by atoms with Crippen molar-refractivity contribution in [2.24, 2.45) is 0 Å². The molecule has 0 spiro atoms. The molecule has 0 saturated carbocycles. The molecule has 1 fully saturated rings. The van der Waals surface area contributed by atoms with E-state index in [0.29, 0.717) is 24.4 Å². The van der Waals surface area contributed by atoms with Crippen molar-refractivity contribution in [3.8, 4) is 5.69 Å². The Morgan fingerprint density at radius 1 is 1.13 bits per heavy atom. The predicted molar refractivity (Wildman–Crippen MR) is 146 cm³/mol. The minimum Gasteiger partial charge on any atom is -0.347 e. The SMILES string of the molecule is CC1CC(c2cn(-c3ccc(Cl)c(Br)c3)nn2)CCN1C(=O)c1nccnc1C(=O)NCc1ccc(F)cc1. The van der Waals surface area contributed by atoms with E-state index in [9.17, 15) is 14.0 Å². The van der Waals surface area contributed by atoms with Crippen molar-refractivity contribution in [3.05, 3.63) is 99.0 Å². The van der Waals surface area contributed by atoms with E-state index >= 15 is 0 Å². The van der Waals surface area contributed by atoms with E-state index in [-0.39, 0.29) is 41.6 Å². The maximum atomic E-state index is 13.5. The Hall–Kier alpha value is -3.70. The summed E-state index contributed by atoms with van der Waals surface area (Å²) in [6.07, 6.45) is 6.04.